The van der Waals surface area contributed by atoms with Crippen LogP contribution in [0.25, 0.3) is 23.2 Å². The SMILES string of the molecule is Cc1cc(=O)n(-c2nc3c(c(=O)n(C)c(=O)n3C)n2C/C=C\c2ccccc2)[nH]1. The first-order valence-corrected chi connectivity index (χ1v) is 9.05. The van der Waals surface area contributed by atoms with E-state index in [-0.39, 0.29) is 22.7 Å². The van der Waals surface area contributed by atoms with Crippen LogP contribution in [0.2, 0.25) is 0 Å². The topological polar surface area (TPSA) is 99.6 Å². The lowest BCUT2D eigenvalue weighted by atomic mass is 10.2. The van der Waals surface area contributed by atoms with Crippen LogP contribution in [0.15, 0.2) is 56.9 Å². The Morgan fingerprint density at radius 1 is 1.07 bits per heavy atom. The Labute approximate surface area is 164 Å². The van der Waals surface area contributed by atoms with Crippen molar-refractivity contribution in [3.05, 3.63) is 84.9 Å². The summed E-state index contributed by atoms with van der Waals surface area (Å²) in [6.45, 7) is 2.05. The van der Waals surface area contributed by atoms with Crippen molar-refractivity contribution in [2.75, 3.05) is 0 Å². The number of allylic oxidation sites excluding steroid dienone is 1. The van der Waals surface area contributed by atoms with E-state index in [1.807, 2.05) is 42.5 Å². The first-order chi connectivity index (χ1) is 13.9. The van der Waals surface area contributed by atoms with Gasteiger partial charge in [-0.25, -0.2) is 4.79 Å². The highest BCUT2D eigenvalue weighted by atomic mass is 16.2. The van der Waals surface area contributed by atoms with Crippen LogP contribution in [0.1, 0.15) is 11.3 Å². The number of nitrogens with one attached hydrogen (secondary N) is 1. The molecule has 148 valence electrons. The molecule has 0 fully saturated rings. The molecule has 0 saturated heterocycles. The largest absolute Gasteiger partial charge is 0.332 e. The molecule has 4 rings (SSSR count). The summed E-state index contributed by atoms with van der Waals surface area (Å²) in [4.78, 5) is 42.0. The molecule has 0 unspecified atom stereocenters. The van der Waals surface area contributed by atoms with Gasteiger partial charge in [-0.15, -0.1) is 0 Å². The number of hydrogen-bond donors (Lipinski definition) is 1. The minimum absolute atomic E-state index is 0.223. The van der Waals surface area contributed by atoms with E-state index in [0.29, 0.717) is 12.2 Å². The van der Waals surface area contributed by atoms with Crippen LogP contribution in [0.3, 0.4) is 0 Å². The van der Waals surface area contributed by atoms with Crippen molar-refractivity contribution in [2.45, 2.75) is 13.5 Å². The highest BCUT2D eigenvalue weighted by molar-refractivity contribution is 5.72. The number of hydrogen-bond acceptors (Lipinski definition) is 4. The molecule has 3 heterocycles. The van der Waals surface area contributed by atoms with Gasteiger partial charge < -0.3 is 0 Å². The van der Waals surface area contributed by atoms with Crippen molar-refractivity contribution in [1.29, 1.82) is 0 Å². The first-order valence-electron chi connectivity index (χ1n) is 9.05. The Morgan fingerprint density at radius 3 is 2.45 bits per heavy atom. The van der Waals surface area contributed by atoms with Crippen molar-refractivity contribution in [3.63, 3.8) is 0 Å². The summed E-state index contributed by atoms with van der Waals surface area (Å²) in [5.74, 6) is 0.245. The van der Waals surface area contributed by atoms with Gasteiger partial charge >= 0.3 is 5.69 Å². The molecule has 4 aromatic rings. The minimum atomic E-state index is -0.478. The summed E-state index contributed by atoms with van der Waals surface area (Å²) in [6.07, 6.45) is 3.80. The number of fused-ring (bicyclic) bond motifs is 1. The van der Waals surface area contributed by atoms with E-state index >= 15 is 0 Å². The molecule has 0 radical (unpaired) electrons. The van der Waals surface area contributed by atoms with E-state index in [1.165, 1.54) is 22.4 Å². The molecule has 0 amide bonds. The second-order valence-electron chi connectivity index (χ2n) is 6.83. The number of H-pyrrole nitrogens is 1. The zero-order valence-electron chi connectivity index (χ0n) is 16.3. The third-order valence-electron chi connectivity index (χ3n) is 4.77. The van der Waals surface area contributed by atoms with Gasteiger partial charge in [-0.1, -0.05) is 42.5 Å². The predicted molar refractivity (Wildman–Crippen MR) is 110 cm³/mol. The van der Waals surface area contributed by atoms with Crippen LogP contribution < -0.4 is 16.8 Å². The summed E-state index contributed by atoms with van der Waals surface area (Å²) in [6, 6.07) is 11.2. The molecule has 0 bridgehead atoms. The van der Waals surface area contributed by atoms with E-state index in [2.05, 4.69) is 10.1 Å². The maximum Gasteiger partial charge on any atom is 0.332 e. The molecule has 9 heteroatoms. The normalized spacial score (nSPS) is 11.7. The van der Waals surface area contributed by atoms with Crippen molar-refractivity contribution in [1.82, 2.24) is 28.5 Å². The first kappa shape index (κ1) is 18.5. The van der Waals surface area contributed by atoms with Gasteiger partial charge in [-0.05, 0) is 12.5 Å². The van der Waals surface area contributed by atoms with Gasteiger partial charge in [-0.3, -0.25) is 28.4 Å². The van der Waals surface area contributed by atoms with E-state index in [4.69, 9.17) is 0 Å². The number of aryl methyl sites for hydroxylation is 2. The second kappa shape index (κ2) is 6.93. The third kappa shape index (κ3) is 3.06. The lowest BCUT2D eigenvalue weighted by Gasteiger charge is -2.07. The Morgan fingerprint density at radius 2 is 1.79 bits per heavy atom. The fourth-order valence-corrected chi connectivity index (χ4v) is 3.30. The molecular weight excluding hydrogens is 372 g/mol. The number of benzene rings is 1. The van der Waals surface area contributed by atoms with Crippen LogP contribution in [-0.2, 0) is 20.6 Å². The van der Waals surface area contributed by atoms with E-state index in [0.717, 1.165) is 10.1 Å². The fourth-order valence-electron chi connectivity index (χ4n) is 3.30. The third-order valence-corrected chi connectivity index (χ3v) is 4.77. The molecule has 1 aromatic carbocycles. The van der Waals surface area contributed by atoms with E-state index in [9.17, 15) is 14.4 Å². The van der Waals surface area contributed by atoms with Crippen LogP contribution in [0.5, 0.6) is 0 Å². The van der Waals surface area contributed by atoms with Crippen LogP contribution in [-0.4, -0.2) is 28.5 Å². The average molecular weight is 392 g/mol. The van der Waals surface area contributed by atoms with E-state index in [1.54, 1.807) is 18.5 Å². The molecule has 0 spiro atoms. The standard InChI is InChI=1S/C20H20N6O3/c1-13-12-15(27)26(22-13)19-21-17-16(18(28)24(3)20(29)23(17)2)25(19)11-7-10-14-8-5-4-6-9-14/h4-10,12,22H,11H2,1-3H3/b10-7-. The van der Waals surface area contributed by atoms with Gasteiger partial charge in [-0.2, -0.15) is 9.67 Å². The maximum atomic E-state index is 12.9. The van der Waals surface area contributed by atoms with Gasteiger partial charge in [0, 0.05) is 32.4 Å². The molecule has 9 nitrogen and oxygen atoms in total. The lowest BCUT2D eigenvalue weighted by Crippen LogP contribution is -2.37. The van der Waals surface area contributed by atoms with Gasteiger partial charge in [0.15, 0.2) is 11.2 Å². The number of rotatable bonds is 4. The fraction of sp³-hybridized carbons (Fsp3) is 0.200. The highest BCUT2D eigenvalue weighted by Crippen LogP contribution is 2.14. The maximum absolute atomic E-state index is 12.9. The van der Waals surface area contributed by atoms with Gasteiger partial charge in [0.2, 0.25) is 5.95 Å². The average Bonchev–Trinajstić information content (AvgIpc) is 3.25. The molecule has 0 atom stereocenters. The van der Waals surface area contributed by atoms with E-state index < -0.39 is 11.2 Å². The second-order valence-corrected chi connectivity index (χ2v) is 6.83. The molecular formula is C20H20N6O3. The highest BCUT2D eigenvalue weighted by Gasteiger charge is 2.20. The lowest BCUT2D eigenvalue weighted by molar-refractivity contribution is 0.696. The monoisotopic (exact) mass is 392 g/mol. The van der Waals surface area contributed by atoms with Gasteiger partial charge in [0.05, 0.1) is 0 Å². The predicted octanol–water partition coefficient (Wildman–Crippen LogP) is 0.935. The Balaban J connectivity index is 1.97. The summed E-state index contributed by atoms with van der Waals surface area (Å²) in [7, 11) is 2.97. The quantitative estimate of drug-likeness (QED) is 0.559. The zero-order valence-corrected chi connectivity index (χ0v) is 16.3. The Hall–Kier alpha value is -3.88. The molecule has 3 aromatic heterocycles. The summed E-state index contributed by atoms with van der Waals surface area (Å²) in [5, 5.41) is 2.94. The van der Waals surface area contributed by atoms with Crippen molar-refractivity contribution in [3.8, 4) is 5.95 Å². The smallest absolute Gasteiger partial charge is 0.299 e. The number of aromatic nitrogens is 6. The van der Waals surface area contributed by atoms with Crippen molar-refractivity contribution < 1.29 is 0 Å². The number of nitrogens with zero attached hydrogens (tertiary/aromatic N) is 5. The Kier molecular flexibility index (Phi) is 4.42. The number of imidazole rings is 1. The molecule has 0 aliphatic heterocycles. The van der Waals surface area contributed by atoms with Gasteiger partial charge in [0.1, 0.15) is 0 Å². The summed E-state index contributed by atoms with van der Waals surface area (Å²) in [5.41, 5.74) is 0.900. The molecule has 0 saturated carbocycles. The van der Waals surface area contributed by atoms with Crippen LogP contribution >= 0.6 is 0 Å². The minimum Gasteiger partial charge on any atom is -0.299 e. The number of aromatic amines is 1. The molecule has 29 heavy (non-hydrogen) atoms. The molecule has 0 aliphatic carbocycles. The molecule has 0 aliphatic rings. The van der Waals surface area contributed by atoms with Crippen LogP contribution in [0.4, 0.5) is 0 Å². The summed E-state index contributed by atoms with van der Waals surface area (Å²) < 4.78 is 5.25. The van der Waals surface area contributed by atoms with Gasteiger partial charge in [0.25, 0.3) is 11.1 Å². The molecule has 1 N–H and O–H groups in total. The summed E-state index contributed by atoms with van der Waals surface area (Å²) >= 11 is 0. The van der Waals surface area contributed by atoms with Crippen LogP contribution in [0, 0.1) is 6.92 Å². The van der Waals surface area contributed by atoms with Crippen molar-refractivity contribution in [2.24, 2.45) is 14.1 Å². The Bertz CT molecular complexity index is 1410. The zero-order chi connectivity index (χ0) is 20.7. The van der Waals surface area contributed by atoms with Crippen molar-refractivity contribution >= 4 is 17.2 Å².